The molecule has 0 aliphatic carbocycles. The number of nitrogens with zero attached hydrogens (tertiary/aromatic N) is 2. The van der Waals surface area contributed by atoms with Crippen molar-refractivity contribution in [2.75, 3.05) is 24.2 Å². The Labute approximate surface area is 84.2 Å². The second-order valence-electron chi connectivity index (χ2n) is 2.81. The van der Waals surface area contributed by atoms with Crippen molar-refractivity contribution in [1.29, 1.82) is 5.26 Å². The maximum Gasteiger partial charge on any atom is 0.0992 e. The van der Waals surface area contributed by atoms with E-state index < -0.39 is 0 Å². The molecule has 1 aromatic rings. The van der Waals surface area contributed by atoms with E-state index >= 15 is 0 Å². The lowest BCUT2D eigenvalue weighted by Gasteiger charge is -2.17. The summed E-state index contributed by atoms with van der Waals surface area (Å²) >= 11 is 4.15. The van der Waals surface area contributed by atoms with Gasteiger partial charge in [0.2, 0.25) is 0 Å². The van der Waals surface area contributed by atoms with Gasteiger partial charge in [-0.15, -0.1) is 0 Å². The number of hydrogen-bond acceptors (Lipinski definition) is 3. The molecule has 0 bridgehead atoms. The van der Waals surface area contributed by atoms with Gasteiger partial charge in [0.25, 0.3) is 0 Å². The Hall–Kier alpha value is -1.14. The molecule has 68 valence electrons. The van der Waals surface area contributed by atoms with E-state index in [4.69, 9.17) is 5.26 Å². The zero-order valence-corrected chi connectivity index (χ0v) is 8.46. The summed E-state index contributed by atoms with van der Waals surface area (Å²) in [6, 6.07) is 9.68. The van der Waals surface area contributed by atoms with Gasteiger partial charge in [-0.05, 0) is 18.2 Å². The number of benzene rings is 1. The van der Waals surface area contributed by atoms with E-state index in [9.17, 15) is 0 Å². The van der Waals surface area contributed by atoms with Crippen molar-refractivity contribution in [3.05, 3.63) is 29.8 Å². The fourth-order valence-electron chi connectivity index (χ4n) is 1.09. The third-order valence-electron chi connectivity index (χ3n) is 1.85. The first kappa shape index (κ1) is 9.94. The van der Waals surface area contributed by atoms with Gasteiger partial charge < -0.3 is 4.90 Å². The van der Waals surface area contributed by atoms with Crippen LogP contribution in [0.5, 0.6) is 0 Å². The fourth-order valence-corrected chi connectivity index (χ4v) is 1.39. The van der Waals surface area contributed by atoms with Crippen molar-refractivity contribution in [2.24, 2.45) is 0 Å². The molecule has 0 saturated heterocycles. The topological polar surface area (TPSA) is 27.0 Å². The van der Waals surface area contributed by atoms with E-state index in [1.807, 2.05) is 25.2 Å². The quantitative estimate of drug-likeness (QED) is 0.741. The Bertz CT molecular complexity index is 317. The maximum atomic E-state index is 8.69. The van der Waals surface area contributed by atoms with Gasteiger partial charge in [0.1, 0.15) is 0 Å². The van der Waals surface area contributed by atoms with Crippen LogP contribution in [-0.4, -0.2) is 19.3 Å². The van der Waals surface area contributed by atoms with Gasteiger partial charge >= 0.3 is 0 Å². The molecule has 0 unspecified atom stereocenters. The smallest absolute Gasteiger partial charge is 0.0992 e. The maximum absolute atomic E-state index is 8.69. The summed E-state index contributed by atoms with van der Waals surface area (Å²) in [6.07, 6.45) is 0. The molecule has 0 radical (unpaired) electrons. The Morgan fingerprint density at radius 3 is 2.92 bits per heavy atom. The van der Waals surface area contributed by atoms with Gasteiger partial charge in [0.05, 0.1) is 11.6 Å². The summed E-state index contributed by atoms with van der Waals surface area (Å²) in [5, 5.41) is 8.69. The molecule has 1 rings (SSSR count). The zero-order chi connectivity index (χ0) is 9.68. The minimum absolute atomic E-state index is 0.698. The second kappa shape index (κ2) is 4.78. The Morgan fingerprint density at radius 2 is 2.31 bits per heavy atom. The van der Waals surface area contributed by atoms with Crippen LogP contribution < -0.4 is 4.90 Å². The van der Waals surface area contributed by atoms with Crippen molar-refractivity contribution in [1.82, 2.24) is 0 Å². The highest BCUT2D eigenvalue weighted by atomic mass is 32.1. The van der Waals surface area contributed by atoms with Crippen molar-refractivity contribution in [3.63, 3.8) is 0 Å². The number of anilines is 1. The van der Waals surface area contributed by atoms with E-state index in [0.29, 0.717) is 5.56 Å². The highest BCUT2D eigenvalue weighted by Gasteiger charge is 1.99. The van der Waals surface area contributed by atoms with E-state index in [2.05, 4.69) is 23.6 Å². The second-order valence-corrected chi connectivity index (χ2v) is 3.25. The summed E-state index contributed by atoms with van der Waals surface area (Å²) in [5.41, 5.74) is 1.76. The van der Waals surface area contributed by atoms with Crippen molar-refractivity contribution in [2.45, 2.75) is 0 Å². The average Bonchev–Trinajstić information content (AvgIpc) is 2.18. The lowest BCUT2D eigenvalue weighted by atomic mass is 10.2. The highest BCUT2D eigenvalue weighted by Crippen LogP contribution is 2.13. The molecule has 0 fully saturated rings. The van der Waals surface area contributed by atoms with Crippen LogP contribution in [0.15, 0.2) is 24.3 Å². The summed E-state index contributed by atoms with van der Waals surface area (Å²) in [4.78, 5) is 2.08. The van der Waals surface area contributed by atoms with Crippen LogP contribution in [-0.2, 0) is 0 Å². The van der Waals surface area contributed by atoms with E-state index in [1.165, 1.54) is 0 Å². The Kier molecular flexibility index (Phi) is 3.66. The van der Waals surface area contributed by atoms with Crippen molar-refractivity contribution in [3.8, 4) is 6.07 Å². The molecule has 1 aromatic carbocycles. The largest absolute Gasteiger partial charge is 0.374 e. The van der Waals surface area contributed by atoms with Crippen molar-refractivity contribution >= 4 is 18.3 Å². The molecule has 0 aliphatic rings. The molecule has 0 aromatic heterocycles. The molecule has 2 nitrogen and oxygen atoms in total. The number of nitriles is 1. The third kappa shape index (κ3) is 2.67. The van der Waals surface area contributed by atoms with Crippen LogP contribution in [0.2, 0.25) is 0 Å². The lowest BCUT2D eigenvalue weighted by molar-refractivity contribution is 0.979. The van der Waals surface area contributed by atoms with Gasteiger partial charge in [-0.2, -0.15) is 17.9 Å². The number of rotatable bonds is 3. The minimum Gasteiger partial charge on any atom is -0.374 e. The monoisotopic (exact) mass is 192 g/mol. The van der Waals surface area contributed by atoms with Crippen LogP contribution in [0.4, 0.5) is 5.69 Å². The van der Waals surface area contributed by atoms with Crippen molar-refractivity contribution < 1.29 is 0 Å². The van der Waals surface area contributed by atoms with E-state index in [-0.39, 0.29) is 0 Å². The SMILES string of the molecule is CN(CCS)c1cccc(C#N)c1. The van der Waals surface area contributed by atoms with E-state index in [0.717, 1.165) is 18.0 Å². The van der Waals surface area contributed by atoms with Gasteiger partial charge in [-0.25, -0.2) is 0 Å². The molecule has 0 N–H and O–H groups in total. The van der Waals surface area contributed by atoms with Crippen LogP contribution in [0, 0.1) is 11.3 Å². The van der Waals surface area contributed by atoms with Gasteiger partial charge in [0.15, 0.2) is 0 Å². The molecule has 13 heavy (non-hydrogen) atoms. The molecular formula is C10H12N2S. The number of hydrogen-bond donors (Lipinski definition) is 1. The fraction of sp³-hybridized carbons (Fsp3) is 0.300. The summed E-state index contributed by atoms with van der Waals surface area (Å²) in [5.74, 6) is 0.813. The number of thiol groups is 1. The average molecular weight is 192 g/mol. The highest BCUT2D eigenvalue weighted by molar-refractivity contribution is 7.80. The Morgan fingerprint density at radius 1 is 1.54 bits per heavy atom. The van der Waals surface area contributed by atoms with Crippen LogP contribution in [0.3, 0.4) is 0 Å². The summed E-state index contributed by atoms with van der Waals surface area (Å²) in [6.45, 7) is 0.887. The molecule has 0 spiro atoms. The molecule has 0 amide bonds. The molecular weight excluding hydrogens is 180 g/mol. The summed E-state index contributed by atoms with van der Waals surface area (Å²) in [7, 11) is 1.99. The normalized spacial score (nSPS) is 9.31. The standard InChI is InChI=1S/C10H12N2S/c1-12(5-6-13)10-4-2-3-9(7-10)8-11/h2-4,7,13H,5-6H2,1H3. The first-order chi connectivity index (χ1) is 6.27. The summed E-state index contributed by atoms with van der Waals surface area (Å²) < 4.78 is 0. The molecule has 0 saturated carbocycles. The molecule has 0 atom stereocenters. The van der Waals surface area contributed by atoms with Crippen LogP contribution in [0.1, 0.15) is 5.56 Å². The molecule has 0 aliphatic heterocycles. The van der Waals surface area contributed by atoms with Gasteiger partial charge in [-0.3, -0.25) is 0 Å². The van der Waals surface area contributed by atoms with Gasteiger partial charge in [-0.1, -0.05) is 6.07 Å². The zero-order valence-electron chi connectivity index (χ0n) is 7.57. The molecule has 0 heterocycles. The van der Waals surface area contributed by atoms with E-state index in [1.54, 1.807) is 6.07 Å². The predicted octanol–water partition coefficient (Wildman–Crippen LogP) is 1.92. The first-order valence-electron chi connectivity index (χ1n) is 4.10. The first-order valence-corrected chi connectivity index (χ1v) is 4.73. The van der Waals surface area contributed by atoms with Gasteiger partial charge in [0, 0.05) is 25.0 Å². The van der Waals surface area contributed by atoms with Crippen LogP contribution >= 0.6 is 12.6 Å². The lowest BCUT2D eigenvalue weighted by Crippen LogP contribution is -2.19. The predicted molar refractivity (Wildman–Crippen MR) is 58.3 cm³/mol. The van der Waals surface area contributed by atoms with Crippen LogP contribution in [0.25, 0.3) is 0 Å². The Balaban J connectivity index is 2.83. The molecule has 3 heteroatoms. The minimum atomic E-state index is 0.698. The third-order valence-corrected chi connectivity index (χ3v) is 2.05.